The molecule has 13 heavy (non-hydrogen) atoms. The molecule has 0 aliphatic rings. The molecule has 0 saturated heterocycles. The minimum absolute atomic E-state index is 0.314. The summed E-state index contributed by atoms with van der Waals surface area (Å²) in [6.07, 6.45) is 0. The highest BCUT2D eigenvalue weighted by Gasteiger charge is 2.05. The number of carboxylic acids is 1. The number of hydrogen-bond acceptors (Lipinski definition) is 3. The number of carbonyl (C=O) groups is 1. The Balaban J connectivity index is 2.71. The van der Waals surface area contributed by atoms with Crippen LogP contribution in [0.3, 0.4) is 0 Å². The molecule has 0 bridgehead atoms. The second-order valence-corrected chi connectivity index (χ2v) is 2.50. The van der Waals surface area contributed by atoms with E-state index in [2.05, 4.69) is 0 Å². The maximum absolute atomic E-state index is 12.4. The fraction of sp³-hybridized carbons (Fsp3) is 0.125. The van der Waals surface area contributed by atoms with E-state index in [1.165, 1.54) is 24.3 Å². The van der Waals surface area contributed by atoms with E-state index in [4.69, 9.17) is 10.9 Å². The number of benzene rings is 1. The highest BCUT2D eigenvalue weighted by Crippen LogP contribution is 2.10. The molecule has 70 valence electrons. The zero-order chi connectivity index (χ0) is 9.84. The Morgan fingerprint density at radius 1 is 1.46 bits per heavy atom. The van der Waals surface area contributed by atoms with Gasteiger partial charge in [-0.2, -0.15) is 0 Å². The summed E-state index contributed by atoms with van der Waals surface area (Å²) in [6.45, 7) is -0.314. The predicted molar refractivity (Wildman–Crippen MR) is 45.6 cm³/mol. The van der Waals surface area contributed by atoms with E-state index in [1.807, 2.05) is 0 Å². The molecule has 0 atom stereocenters. The summed E-state index contributed by atoms with van der Waals surface area (Å²) >= 11 is 0. The number of carboxylic acid groups (broad SMARTS) is 1. The second kappa shape index (κ2) is 3.86. The minimum Gasteiger partial charge on any atom is -0.480 e. The van der Waals surface area contributed by atoms with Gasteiger partial charge in [0.15, 0.2) is 0 Å². The van der Waals surface area contributed by atoms with Crippen molar-refractivity contribution in [3.05, 3.63) is 30.1 Å². The first-order valence-corrected chi connectivity index (χ1v) is 3.59. The number of hydrazine groups is 1. The number of nitrogens with two attached hydrogens (primary N) is 1. The number of anilines is 1. The Hall–Kier alpha value is -1.62. The van der Waals surface area contributed by atoms with E-state index in [1.54, 1.807) is 0 Å². The van der Waals surface area contributed by atoms with Crippen LogP contribution in [0.25, 0.3) is 0 Å². The van der Waals surface area contributed by atoms with E-state index in [9.17, 15) is 9.18 Å². The molecule has 0 amide bonds. The first-order chi connectivity index (χ1) is 6.09. The van der Waals surface area contributed by atoms with E-state index in [0.29, 0.717) is 5.69 Å². The van der Waals surface area contributed by atoms with Gasteiger partial charge in [0.25, 0.3) is 0 Å². The predicted octanol–water partition coefficient (Wildman–Crippen LogP) is 0.590. The van der Waals surface area contributed by atoms with E-state index >= 15 is 0 Å². The smallest absolute Gasteiger partial charge is 0.324 e. The average molecular weight is 184 g/mol. The molecule has 0 aromatic heterocycles. The molecule has 5 heteroatoms. The molecule has 1 rings (SSSR count). The first kappa shape index (κ1) is 9.47. The van der Waals surface area contributed by atoms with Gasteiger partial charge in [-0.15, -0.1) is 0 Å². The molecular formula is C8H9FN2O2. The van der Waals surface area contributed by atoms with Crippen LogP contribution < -0.4 is 10.9 Å². The lowest BCUT2D eigenvalue weighted by atomic mass is 10.3. The van der Waals surface area contributed by atoms with Crippen molar-refractivity contribution in [2.24, 2.45) is 5.84 Å². The van der Waals surface area contributed by atoms with Crippen molar-refractivity contribution in [1.29, 1.82) is 0 Å². The molecule has 0 unspecified atom stereocenters. The molecule has 0 radical (unpaired) electrons. The standard InChI is InChI=1S/C8H9FN2O2/c9-6-1-3-7(4-2-6)11(10)5-8(12)13/h1-4H,5,10H2,(H,12,13). The van der Waals surface area contributed by atoms with E-state index in [0.717, 1.165) is 5.01 Å². The van der Waals surface area contributed by atoms with Gasteiger partial charge in [-0.05, 0) is 24.3 Å². The second-order valence-electron chi connectivity index (χ2n) is 2.50. The Bertz CT molecular complexity index is 300. The van der Waals surface area contributed by atoms with Crippen LogP contribution in [0.15, 0.2) is 24.3 Å². The zero-order valence-electron chi connectivity index (χ0n) is 6.77. The van der Waals surface area contributed by atoms with E-state index in [-0.39, 0.29) is 12.4 Å². The first-order valence-electron chi connectivity index (χ1n) is 3.59. The molecule has 0 saturated carbocycles. The highest BCUT2D eigenvalue weighted by atomic mass is 19.1. The van der Waals surface area contributed by atoms with Gasteiger partial charge >= 0.3 is 5.97 Å². The summed E-state index contributed by atoms with van der Waals surface area (Å²) in [6, 6.07) is 5.27. The number of hydrogen-bond donors (Lipinski definition) is 2. The number of halogens is 1. The third-order valence-electron chi connectivity index (χ3n) is 1.46. The van der Waals surface area contributed by atoms with Gasteiger partial charge in [0.2, 0.25) is 0 Å². The molecule has 0 aliphatic heterocycles. The number of nitrogens with zero attached hydrogens (tertiary/aromatic N) is 1. The van der Waals surface area contributed by atoms with Crippen molar-refractivity contribution >= 4 is 11.7 Å². The van der Waals surface area contributed by atoms with Crippen LogP contribution >= 0.6 is 0 Å². The van der Waals surface area contributed by atoms with Gasteiger partial charge in [-0.25, -0.2) is 10.2 Å². The van der Waals surface area contributed by atoms with Crippen LogP contribution in [0.4, 0.5) is 10.1 Å². The van der Waals surface area contributed by atoms with Crippen molar-refractivity contribution in [3.8, 4) is 0 Å². The van der Waals surface area contributed by atoms with Gasteiger partial charge in [0, 0.05) is 0 Å². The maximum Gasteiger partial charge on any atom is 0.324 e. The summed E-state index contributed by atoms with van der Waals surface area (Å²) in [7, 11) is 0. The fourth-order valence-corrected chi connectivity index (χ4v) is 0.870. The lowest BCUT2D eigenvalue weighted by Gasteiger charge is -2.15. The van der Waals surface area contributed by atoms with Crippen LogP contribution in [0.5, 0.6) is 0 Å². The van der Waals surface area contributed by atoms with Crippen LogP contribution in [0.2, 0.25) is 0 Å². The molecule has 0 spiro atoms. The third kappa shape index (κ3) is 2.72. The third-order valence-corrected chi connectivity index (χ3v) is 1.46. The van der Waals surface area contributed by atoms with Crippen LogP contribution in [-0.4, -0.2) is 17.6 Å². The molecule has 0 fully saturated rings. The lowest BCUT2D eigenvalue weighted by molar-refractivity contribution is -0.135. The SMILES string of the molecule is NN(CC(=O)O)c1ccc(F)cc1. The van der Waals surface area contributed by atoms with Gasteiger partial charge in [-0.1, -0.05) is 0 Å². The quantitative estimate of drug-likeness (QED) is 0.533. The fourth-order valence-electron chi connectivity index (χ4n) is 0.870. The summed E-state index contributed by atoms with van der Waals surface area (Å²) in [5.41, 5.74) is 0.462. The Kier molecular flexibility index (Phi) is 2.81. The van der Waals surface area contributed by atoms with Gasteiger partial charge < -0.3 is 5.11 Å². The lowest BCUT2D eigenvalue weighted by Crippen LogP contribution is -2.35. The molecule has 1 aromatic rings. The molecule has 1 aromatic carbocycles. The van der Waals surface area contributed by atoms with Crippen molar-refractivity contribution in [3.63, 3.8) is 0 Å². The van der Waals surface area contributed by atoms with Crippen LogP contribution in [0, 0.1) is 5.82 Å². The van der Waals surface area contributed by atoms with Crippen LogP contribution in [-0.2, 0) is 4.79 Å². The molecular weight excluding hydrogens is 175 g/mol. The molecule has 0 aliphatic carbocycles. The summed E-state index contributed by atoms with van der Waals surface area (Å²) in [4.78, 5) is 10.3. The number of aliphatic carboxylic acids is 1. The Labute approximate surface area is 74.4 Å². The Morgan fingerprint density at radius 2 is 2.00 bits per heavy atom. The summed E-state index contributed by atoms with van der Waals surface area (Å²) < 4.78 is 12.4. The maximum atomic E-state index is 12.4. The number of rotatable bonds is 3. The van der Waals surface area contributed by atoms with Crippen LogP contribution in [0.1, 0.15) is 0 Å². The minimum atomic E-state index is -1.04. The van der Waals surface area contributed by atoms with Crippen molar-refractivity contribution in [2.45, 2.75) is 0 Å². The Morgan fingerprint density at radius 3 is 2.46 bits per heavy atom. The summed E-state index contributed by atoms with van der Waals surface area (Å²) in [5, 5.41) is 9.43. The topological polar surface area (TPSA) is 66.6 Å². The van der Waals surface area contributed by atoms with Crippen molar-refractivity contribution < 1.29 is 14.3 Å². The molecule has 4 nitrogen and oxygen atoms in total. The zero-order valence-corrected chi connectivity index (χ0v) is 6.77. The largest absolute Gasteiger partial charge is 0.480 e. The van der Waals surface area contributed by atoms with E-state index < -0.39 is 5.97 Å². The van der Waals surface area contributed by atoms with Crippen molar-refractivity contribution in [1.82, 2.24) is 0 Å². The van der Waals surface area contributed by atoms with Gasteiger partial charge in [0.1, 0.15) is 12.4 Å². The average Bonchev–Trinajstić information content (AvgIpc) is 2.04. The highest BCUT2D eigenvalue weighted by molar-refractivity contribution is 5.73. The normalized spacial score (nSPS) is 9.69. The van der Waals surface area contributed by atoms with Gasteiger partial charge in [0.05, 0.1) is 5.69 Å². The van der Waals surface area contributed by atoms with Gasteiger partial charge in [-0.3, -0.25) is 9.80 Å². The monoisotopic (exact) mass is 184 g/mol. The molecule has 3 N–H and O–H groups in total. The van der Waals surface area contributed by atoms with Crippen molar-refractivity contribution in [2.75, 3.05) is 11.6 Å². The summed E-state index contributed by atoms with van der Waals surface area (Å²) in [5.74, 6) is 3.96. The molecule has 0 heterocycles.